The minimum atomic E-state index is 0.661. The van der Waals surface area contributed by atoms with Crippen LogP contribution in [0.15, 0.2) is 540 Å². The molecule has 0 aliphatic rings. The molecule has 0 saturated heterocycles. The topological polar surface area (TPSA) is 101 Å². The van der Waals surface area contributed by atoms with Gasteiger partial charge in [-0.05, 0) is 326 Å². The van der Waals surface area contributed by atoms with Gasteiger partial charge in [0.15, 0.2) is 0 Å². The Morgan fingerprint density at radius 1 is 0.120 bits per heavy atom. The van der Waals surface area contributed by atoms with E-state index in [0.717, 1.165) is 95.2 Å². The standard InChI is InChI=1S/2C49H31N3.C43H27N3/c50-32-33-18-20-34(21-19-33)35-10-9-11-36(28-35)37-22-26-48-44(30-37)45-31-39(24-27-49(45)52(48)41-14-5-2-6-15-41)38-23-25-47-43(29-38)42-16-7-8-17-46(42)51(47)40-12-3-1-4-13-40;50-32-33-15-17-34(18-16-33)35-19-21-36(22-20-35)37-23-26-48-44(29-37)45-31-39(25-28-49(45)52(48)41-11-5-2-6-12-41)38-24-27-47-43(30-38)42-13-7-8-14-46(42)51(47)40-9-3-1-4-10-40;44-28-29-18-20-30(21-19-29)35-15-9-17-42-43(35)38-27-32(23-25-41(38)46(42)34-12-5-2-6-13-34)31-22-24-40-37(26-31)36-14-7-8-16-39(36)45(40)33-10-3-1-4-11-33/h2*1-31H;1-27H. The SMILES string of the molecule is N#Cc1ccc(-c2ccc(-c3ccc4c(c3)c3cc(-c5ccc6c(c5)c5ccccc5n6-c5ccccc5)ccc3n4-c3ccccc3)cc2)cc1.N#Cc1ccc(-c2cccc(-c3ccc4c(c3)c3cc(-c5ccc6c(c5)c5ccccc5n6-c5ccccc5)ccc3n4-c3ccccc3)c2)cc1.N#Cc1ccc(-c2cccc3c2c2cc(-c4ccc5c(c4)c4ccccc4n5-c4ccccc4)ccc2n3-c2ccccc2)cc1. The number of aromatic nitrogens is 6. The van der Waals surface area contributed by atoms with Crippen LogP contribution in [-0.2, 0) is 0 Å². The highest BCUT2D eigenvalue weighted by Gasteiger charge is 2.25. The monoisotopic (exact) mass is 1910 g/mol. The lowest BCUT2D eigenvalue weighted by Gasteiger charge is -2.09. The molecule has 0 spiro atoms. The predicted octanol–water partition coefficient (Wildman–Crippen LogP) is 36.6. The zero-order valence-electron chi connectivity index (χ0n) is 81.4. The van der Waals surface area contributed by atoms with Crippen molar-refractivity contribution in [1.82, 2.24) is 27.4 Å². The van der Waals surface area contributed by atoms with Gasteiger partial charge in [-0.15, -0.1) is 0 Å². The Hall–Kier alpha value is -20.7. The Bertz CT molecular complexity index is 10500. The van der Waals surface area contributed by atoms with Gasteiger partial charge in [0.2, 0.25) is 0 Å². The van der Waals surface area contributed by atoms with E-state index in [9.17, 15) is 15.8 Å². The number of nitrogens with zero attached hydrogens (tertiary/aromatic N) is 9. The summed E-state index contributed by atoms with van der Waals surface area (Å²) in [6.45, 7) is 0. The molecular formula is C141H89N9. The lowest BCUT2D eigenvalue weighted by molar-refractivity contribution is 1.18. The van der Waals surface area contributed by atoms with Crippen LogP contribution < -0.4 is 0 Å². The summed E-state index contributed by atoms with van der Waals surface area (Å²) in [6.07, 6.45) is 0. The van der Waals surface area contributed by atoms with Crippen molar-refractivity contribution in [2.24, 2.45) is 0 Å². The number of nitriles is 3. The van der Waals surface area contributed by atoms with Gasteiger partial charge >= 0.3 is 0 Å². The molecular weight excluding hydrogens is 1820 g/mol. The molecule has 0 unspecified atom stereocenters. The highest BCUT2D eigenvalue weighted by atomic mass is 15.0. The van der Waals surface area contributed by atoms with Gasteiger partial charge in [0.1, 0.15) is 0 Å². The fourth-order valence-corrected chi connectivity index (χ4v) is 22.8. The number of rotatable bonds is 14. The van der Waals surface area contributed by atoms with Crippen LogP contribution >= 0.6 is 0 Å². The first-order valence-electron chi connectivity index (χ1n) is 50.6. The normalized spacial score (nSPS) is 11.4. The summed E-state index contributed by atoms with van der Waals surface area (Å²) >= 11 is 0. The van der Waals surface area contributed by atoms with E-state index < -0.39 is 0 Å². The van der Waals surface area contributed by atoms with Crippen molar-refractivity contribution < 1.29 is 0 Å². The molecule has 0 bridgehead atoms. The van der Waals surface area contributed by atoms with E-state index >= 15 is 0 Å². The number of hydrogen-bond acceptors (Lipinski definition) is 3. The zero-order chi connectivity index (χ0) is 99.8. The van der Waals surface area contributed by atoms with Gasteiger partial charge in [0.05, 0.1) is 101 Å². The van der Waals surface area contributed by atoms with Crippen molar-refractivity contribution in [1.29, 1.82) is 15.8 Å². The van der Waals surface area contributed by atoms with Crippen molar-refractivity contribution in [3.63, 3.8) is 0 Å². The van der Waals surface area contributed by atoms with Gasteiger partial charge in [-0.1, -0.05) is 303 Å². The van der Waals surface area contributed by atoms with E-state index in [2.05, 4.69) is 525 Å². The summed E-state index contributed by atoms with van der Waals surface area (Å²) in [6, 6.07) is 199. The maximum Gasteiger partial charge on any atom is 0.0991 e. The van der Waals surface area contributed by atoms with E-state index in [4.69, 9.17) is 0 Å². The fourth-order valence-electron chi connectivity index (χ4n) is 22.8. The Balaban J connectivity index is 0.000000111. The molecule has 29 rings (SSSR count). The molecule has 698 valence electrons. The van der Waals surface area contributed by atoms with E-state index in [1.165, 1.54) is 159 Å². The number of hydrogen-bond donors (Lipinski definition) is 0. The first kappa shape index (κ1) is 88.3. The third kappa shape index (κ3) is 15.5. The summed E-state index contributed by atoms with van der Waals surface area (Å²) in [4.78, 5) is 0. The minimum absolute atomic E-state index is 0.661. The fraction of sp³-hybridized carbons (Fsp3) is 0. The van der Waals surface area contributed by atoms with Crippen LogP contribution in [-0.4, -0.2) is 27.4 Å². The second-order valence-corrected chi connectivity index (χ2v) is 38.4. The molecule has 0 aliphatic carbocycles. The second-order valence-electron chi connectivity index (χ2n) is 38.4. The predicted molar refractivity (Wildman–Crippen MR) is 623 cm³/mol. The van der Waals surface area contributed by atoms with Gasteiger partial charge in [-0.2, -0.15) is 15.8 Å². The van der Waals surface area contributed by atoms with Crippen molar-refractivity contribution >= 4 is 131 Å². The Morgan fingerprint density at radius 3 is 0.580 bits per heavy atom. The maximum absolute atomic E-state index is 9.41. The molecule has 0 atom stereocenters. The third-order valence-corrected chi connectivity index (χ3v) is 29.9. The summed E-state index contributed by atoms with van der Waals surface area (Å²) < 4.78 is 14.2. The molecule has 0 aliphatic heterocycles. The molecule has 0 radical (unpaired) electrons. The molecule has 6 heterocycles. The van der Waals surface area contributed by atoms with Gasteiger partial charge < -0.3 is 27.4 Å². The Kier molecular flexibility index (Phi) is 21.9. The number of para-hydroxylation sites is 9. The molecule has 9 heteroatoms. The van der Waals surface area contributed by atoms with Crippen molar-refractivity contribution in [2.45, 2.75) is 0 Å². The molecule has 23 aromatic carbocycles. The van der Waals surface area contributed by atoms with Crippen molar-refractivity contribution in [2.75, 3.05) is 0 Å². The van der Waals surface area contributed by atoms with Gasteiger partial charge in [-0.25, -0.2) is 0 Å². The quantitative estimate of drug-likeness (QED) is 0.108. The first-order chi connectivity index (χ1) is 74.2. The smallest absolute Gasteiger partial charge is 0.0991 e. The molecule has 150 heavy (non-hydrogen) atoms. The van der Waals surface area contributed by atoms with Gasteiger partial charge in [-0.3, -0.25) is 0 Å². The zero-order valence-corrected chi connectivity index (χ0v) is 81.4. The molecule has 0 N–H and O–H groups in total. The summed E-state index contributed by atoms with van der Waals surface area (Å²) in [5.74, 6) is 0. The Morgan fingerprint density at radius 2 is 0.300 bits per heavy atom. The largest absolute Gasteiger partial charge is 0.309 e. The summed E-state index contributed by atoms with van der Waals surface area (Å²) in [5, 5.41) is 42.6. The van der Waals surface area contributed by atoms with Crippen LogP contribution in [0.1, 0.15) is 16.7 Å². The molecule has 0 saturated carbocycles. The lowest BCUT2D eigenvalue weighted by atomic mass is 9.96. The van der Waals surface area contributed by atoms with Crippen LogP contribution in [0.3, 0.4) is 0 Å². The van der Waals surface area contributed by atoms with Crippen molar-refractivity contribution in [3.8, 4) is 141 Å². The number of fused-ring (bicyclic) bond motifs is 18. The van der Waals surface area contributed by atoms with E-state index in [0.29, 0.717) is 16.7 Å². The molecule has 9 nitrogen and oxygen atoms in total. The maximum atomic E-state index is 9.41. The minimum Gasteiger partial charge on any atom is -0.309 e. The first-order valence-corrected chi connectivity index (χ1v) is 50.6. The molecule has 0 amide bonds. The van der Waals surface area contributed by atoms with E-state index in [-0.39, 0.29) is 0 Å². The summed E-state index contributed by atoms with van der Waals surface area (Å²) in [7, 11) is 0. The van der Waals surface area contributed by atoms with E-state index in [1.807, 2.05) is 60.7 Å². The molecule has 29 aromatic rings. The van der Waals surface area contributed by atoms with Crippen LogP contribution in [0.25, 0.3) is 254 Å². The average molecular weight is 1910 g/mol. The average Bonchev–Trinajstić information content (AvgIpc) is 1.58. The second kappa shape index (κ2) is 37.3. The number of benzene rings is 23. The van der Waals surface area contributed by atoms with E-state index in [1.54, 1.807) is 0 Å². The highest BCUT2D eigenvalue weighted by molar-refractivity contribution is 6.20. The molecule has 0 fully saturated rings. The van der Waals surface area contributed by atoms with Gasteiger partial charge in [0, 0.05) is 98.8 Å². The highest BCUT2D eigenvalue weighted by Crippen LogP contribution is 2.47. The summed E-state index contributed by atoms with van der Waals surface area (Å²) in [5.41, 5.74) is 41.6. The van der Waals surface area contributed by atoms with Crippen LogP contribution in [0.4, 0.5) is 0 Å². The van der Waals surface area contributed by atoms with Crippen molar-refractivity contribution in [3.05, 3.63) is 557 Å². The van der Waals surface area contributed by atoms with Gasteiger partial charge in [0.25, 0.3) is 0 Å². The van der Waals surface area contributed by atoms with Crippen LogP contribution in [0.2, 0.25) is 0 Å². The molecule has 6 aromatic heterocycles. The van der Waals surface area contributed by atoms with Crippen LogP contribution in [0.5, 0.6) is 0 Å². The lowest BCUT2D eigenvalue weighted by Crippen LogP contribution is -1.93. The van der Waals surface area contributed by atoms with Crippen LogP contribution in [0, 0.1) is 34.0 Å². The Labute approximate surface area is 865 Å². The third-order valence-electron chi connectivity index (χ3n) is 29.9.